The number of fused-ring (bicyclic) bond motifs is 1. The van der Waals surface area contributed by atoms with Crippen LogP contribution >= 0.6 is 0 Å². The van der Waals surface area contributed by atoms with Crippen molar-refractivity contribution >= 4 is 23.4 Å². The fraction of sp³-hybridized carbons (Fsp3) is 0.550. The number of nitrogens with zero attached hydrogens (tertiary/aromatic N) is 3. The average Bonchev–Trinajstić information content (AvgIpc) is 2.62. The van der Waals surface area contributed by atoms with Crippen LogP contribution in [0.15, 0.2) is 28.2 Å². The second kappa shape index (κ2) is 6.25. The molecule has 0 amide bonds. The SMILES string of the molecule is CCC1(C)CC(=O)c2cc(N3C(N)=NC(N)=NC34CCCCC4)ccc2O1. The Bertz CT molecular complexity index is 841. The first kappa shape index (κ1) is 17.8. The molecule has 7 heteroatoms. The normalized spacial score (nSPS) is 26.9. The van der Waals surface area contributed by atoms with Gasteiger partial charge in [-0.1, -0.05) is 13.3 Å². The van der Waals surface area contributed by atoms with Gasteiger partial charge in [-0.15, -0.1) is 0 Å². The summed E-state index contributed by atoms with van der Waals surface area (Å²) in [6.07, 6.45) is 6.17. The van der Waals surface area contributed by atoms with Crippen LogP contribution in [-0.2, 0) is 0 Å². The zero-order chi connectivity index (χ0) is 19.2. The highest BCUT2D eigenvalue weighted by Gasteiger charge is 2.43. The molecular weight excluding hydrogens is 342 g/mol. The first-order valence-electron chi connectivity index (χ1n) is 9.72. The van der Waals surface area contributed by atoms with Gasteiger partial charge in [-0.05, 0) is 57.2 Å². The van der Waals surface area contributed by atoms with E-state index in [1.54, 1.807) is 0 Å². The van der Waals surface area contributed by atoms with Crippen molar-refractivity contribution in [3.63, 3.8) is 0 Å². The van der Waals surface area contributed by atoms with Crippen LogP contribution in [0, 0.1) is 0 Å². The van der Waals surface area contributed by atoms with E-state index in [4.69, 9.17) is 16.2 Å². The van der Waals surface area contributed by atoms with Gasteiger partial charge in [0.05, 0.1) is 12.0 Å². The highest BCUT2D eigenvalue weighted by Crippen LogP contribution is 2.42. The number of hydrogen-bond acceptors (Lipinski definition) is 7. The Morgan fingerprint density at radius 1 is 1.22 bits per heavy atom. The van der Waals surface area contributed by atoms with Gasteiger partial charge in [0.25, 0.3) is 0 Å². The summed E-state index contributed by atoms with van der Waals surface area (Å²) < 4.78 is 6.11. The molecule has 1 saturated carbocycles. The first-order chi connectivity index (χ1) is 12.9. The first-order valence-corrected chi connectivity index (χ1v) is 9.72. The van der Waals surface area contributed by atoms with Crippen LogP contribution in [0.3, 0.4) is 0 Å². The van der Waals surface area contributed by atoms with Gasteiger partial charge in [-0.3, -0.25) is 9.69 Å². The third-order valence-corrected chi connectivity index (χ3v) is 6.01. The monoisotopic (exact) mass is 369 g/mol. The van der Waals surface area contributed by atoms with E-state index in [-0.39, 0.29) is 11.7 Å². The third kappa shape index (κ3) is 2.95. The standard InChI is InChI=1S/C20H27N5O2/c1-3-19(2)12-15(26)14-11-13(7-8-16(14)27-19)25-18(22)23-17(21)24-20(25)9-5-4-6-10-20/h7-8,11H,3-6,9-10,12H2,1-2H3,(H4,21,22,23,24). The van der Waals surface area contributed by atoms with Crippen molar-refractivity contribution in [1.82, 2.24) is 0 Å². The lowest BCUT2D eigenvalue weighted by Crippen LogP contribution is -2.58. The maximum absolute atomic E-state index is 12.8. The quantitative estimate of drug-likeness (QED) is 0.833. The zero-order valence-electron chi connectivity index (χ0n) is 16.0. The average molecular weight is 369 g/mol. The Morgan fingerprint density at radius 2 is 1.96 bits per heavy atom. The van der Waals surface area contributed by atoms with E-state index in [0.717, 1.165) is 37.8 Å². The number of carbonyl (C=O) groups is 1. The minimum absolute atomic E-state index is 0.0932. The van der Waals surface area contributed by atoms with Crippen molar-refractivity contribution < 1.29 is 9.53 Å². The number of ether oxygens (including phenoxy) is 1. The predicted octanol–water partition coefficient (Wildman–Crippen LogP) is 2.93. The fourth-order valence-electron chi connectivity index (χ4n) is 4.39. The van der Waals surface area contributed by atoms with Crippen LogP contribution in [-0.4, -0.2) is 29.0 Å². The van der Waals surface area contributed by atoms with Crippen LogP contribution in [0.5, 0.6) is 5.75 Å². The van der Waals surface area contributed by atoms with Crippen molar-refractivity contribution in [3.05, 3.63) is 23.8 Å². The number of nitrogens with two attached hydrogens (primary N) is 2. The summed E-state index contributed by atoms with van der Waals surface area (Å²) in [5.74, 6) is 1.27. The third-order valence-electron chi connectivity index (χ3n) is 6.01. The Morgan fingerprint density at radius 3 is 2.67 bits per heavy atom. The second-order valence-electron chi connectivity index (χ2n) is 8.00. The molecule has 1 unspecified atom stereocenters. The van der Waals surface area contributed by atoms with E-state index in [0.29, 0.717) is 23.7 Å². The van der Waals surface area contributed by atoms with Gasteiger partial charge in [-0.2, -0.15) is 4.99 Å². The molecule has 1 aromatic carbocycles. The van der Waals surface area contributed by atoms with Gasteiger partial charge in [0.2, 0.25) is 11.9 Å². The lowest BCUT2D eigenvalue weighted by Gasteiger charge is -2.46. The second-order valence-corrected chi connectivity index (χ2v) is 8.00. The van der Waals surface area contributed by atoms with Gasteiger partial charge < -0.3 is 16.2 Å². The zero-order valence-corrected chi connectivity index (χ0v) is 16.0. The largest absolute Gasteiger partial charge is 0.486 e. The Labute approximate surface area is 159 Å². The Kier molecular flexibility index (Phi) is 4.13. The molecule has 0 bridgehead atoms. The molecule has 4 N–H and O–H groups in total. The van der Waals surface area contributed by atoms with Gasteiger partial charge in [0, 0.05) is 5.69 Å². The van der Waals surface area contributed by atoms with E-state index in [2.05, 4.69) is 9.98 Å². The summed E-state index contributed by atoms with van der Waals surface area (Å²) in [5, 5.41) is 0. The van der Waals surface area contributed by atoms with E-state index >= 15 is 0 Å². The van der Waals surface area contributed by atoms with Crippen molar-refractivity contribution in [2.24, 2.45) is 21.5 Å². The Balaban J connectivity index is 1.76. The molecule has 2 aliphatic heterocycles. The summed E-state index contributed by atoms with van der Waals surface area (Å²) in [5.41, 5.74) is 12.7. The topological polar surface area (TPSA) is 106 Å². The number of Topliss-reactive ketones (excluding diaryl/α,β-unsaturated/α-hetero) is 1. The van der Waals surface area contributed by atoms with E-state index < -0.39 is 11.3 Å². The molecule has 1 aromatic rings. The molecule has 1 fully saturated rings. The summed E-state index contributed by atoms with van der Waals surface area (Å²) in [4.78, 5) is 23.6. The van der Waals surface area contributed by atoms with Crippen LogP contribution in [0.1, 0.15) is 69.2 Å². The van der Waals surface area contributed by atoms with Crippen LogP contribution in [0.25, 0.3) is 0 Å². The van der Waals surface area contributed by atoms with Crippen LogP contribution in [0.4, 0.5) is 5.69 Å². The van der Waals surface area contributed by atoms with Crippen molar-refractivity contribution in [2.45, 2.75) is 70.1 Å². The summed E-state index contributed by atoms with van der Waals surface area (Å²) >= 11 is 0. The number of ketones is 1. The van der Waals surface area contributed by atoms with E-state index in [1.807, 2.05) is 36.9 Å². The molecule has 4 rings (SSSR count). The molecule has 0 saturated heterocycles. The number of benzene rings is 1. The van der Waals surface area contributed by atoms with Gasteiger partial charge in [0.1, 0.15) is 17.0 Å². The number of rotatable bonds is 2. The summed E-state index contributed by atoms with van der Waals surface area (Å²) in [6.45, 7) is 4.01. The molecule has 1 atom stereocenters. The smallest absolute Gasteiger partial charge is 0.220 e. The molecule has 2 heterocycles. The molecule has 27 heavy (non-hydrogen) atoms. The maximum atomic E-state index is 12.8. The number of anilines is 1. The van der Waals surface area contributed by atoms with Crippen molar-refractivity contribution in [2.75, 3.05) is 4.90 Å². The van der Waals surface area contributed by atoms with Gasteiger partial charge in [0.15, 0.2) is 5.78 Å². The molecule has 7 nitrogen and oxygen atoms in total. The molecular formula is C20H27N5O2. The van der Waals surface area contributed by atoms with Crippen LogP contribution < -0.4 is 21.1 Å². The van der Waals surface area contributed by atoms with E-state index in [9.17, 15) is 4.79 Å². The predicted molar refractivity (Wildman–Crippen MR) is 106 cm³/mol. The maximum Gasteiger partial charge on any atom is 0.220 e. The fourth-order valence-corrected chi connectivity index (χ4v) is 4.39. The highest BCUT2D eigenvalue weighted by atomic mass is 16.5. The van der Waals surface area contributed by atoms with Gasteiger partial charge >= 0.3 is 0 Å². The number of carbonyl (C=O) groups excluding carboxylic acids is 1. The van der Waals surface area contributed by atoms with Crippen molar-refractivity contribution in [1.29, 1.82) is 0 Å². The van der Waals surface area contributed by atoms with Gasteiger partial charge in [-0.25, -0.2) is 4.99 Å². The highest BCUT2D eigenvalue weighted by molar-refractivity contribution is 6.07. The molecule has 0 radical (unpaired) electrons. The molecule has 144 valence electrons. The molecule has 1 aliphatic carbocycles. The number of hydrogen-bond donors (Lipinski definition) is 2. The lowest BCUT2D eigenvalue weighted by atomic mass is 9.86. The molecule has 1 spiro atoms. The van der Waals surface area contributed by atoms with Crippen molar-refractivity contribution in [3.8, 4) is 5.75 Å². The minimum Gasteiger partial charge on any atom is -0.486 e. The number of aliphatic imine (C=N–C) groups is 2. The van der Waals surface area contributed by atoms with E-state index in [1.165, 1.54) is 6.42 Å². The van der Waals surface area contributed by atoms with Crippen LogP contribution in [0.2, 0.25) is 0 Å². The Hall–Kier alpha value is -2.57. The summed E-state index contributed by atoms with van der Waals surface area (Å²) in [7, 11) is 0. The number of guanidine groups is 2. The molecule has 0 aromatic heterocycles. The molecule has 3 aliphatic rings. The minimum atomic E-state index is -0.515. The lowest BCUT2D eigenvalue weighted by molar-refractivity contribution is 0.0499. The summed E-state index contributed by atoms with van der Waals surface area (Å²) in [6, 6.07) is 5.66.